The molecule has 0 heterocycles. The Labute approximate surface area is 300 Å². The van der Waals surface area contributed by atoms with Gasteiger partial charge in [-0.2, -0.15) is 0 Å². The second kappa shape index (κ2) is 37.4. The number of carboxylic acids is 1. The van der Waals surface area contributed by atoms with E-state index < -0.39 is 5.97 Å². The predicted molar refractivity (Wildman–Crippen MR) is 192 cm³/mol. The Kier molecular flexibility index (Phi) is 35.3. The molecule has 4 amide bonds. The van der Waals surface area contributed by atoms with Crippen molar-refractivity contribution in [3.63, 3.8) is 0 Å². The third-order valence-electron chi connectivity index (χ3n) is 7.67. The highest BCUT2D eigenvalue weighted by molar-refractivity contribution is 5.77. The molecular weight excluding hydrogens is 648 g/mol. The number of amides is 4. The van der Waals surface area contributed by atoms with Crippen LogP contribution in [0.5, 0.6) is 0 Å². The molecule has 14 heteroatoms. The summed E-state index contributed by atoms with van der Waals surface area (Å²) in [4.78, 5) is 57.5. The SMILES string of the molecule is CCNC(=O)COCCOCCNC(=O)COCCOCCNC(=O)CCCNC(=O)CCCCCCCCCCCCCCCCC(=O)O. The molecule has 50 heavy (non-hydrogen) atoms. The second-order valence-corrected chi connectivity index (χ2v) is 12.3. The van der Waals surface area contributed by atoms with Crippen LogP contribution in [0.3, 0.4) is 0 Å². The number of hydrogen-bond acceptors (Lipinski definition) is 9. The second-order valence-electron chi connectivity index (χ2n) is 12.3. The molecule has 0 aliphatic rings. The van der Waals surface area contributed by atoms with E-state index >= 15 is 0 Å². The van der Waals surface area contributed by atoms with E-state index in [1.54, 1.807) is 0 Å². The number of aliphatic carboxylic acids is 1. The van der Waals surface area contributed by atoms with Gasteiger partial charge in [0.2, 0.25) is 23.6 Å². The van der Waals surface area contributed by atoms with Crippen molar-refractivity contribution in [2.75, 3.05) is 79.0 Å². The average molecular weight is 717 g/mol. The molecule has 0 radical (unpaired) electrons. The zero-order valence-corrected chi connectivity index (χ0v) is 30.8. The number of carbonyl (C=O) groups excluding carboxylic acids is 4. The van der Waals surface area contributed by atoms with Crippen molar-refractivity contribution in [3.05, 3.63) is 0 Å². The van der Waals surface area contributed by atoms with Gasteiger partial charge in [-0.05, 0) is 26.2 Å². The van der Waals surface area contributed by atoms with E-state index in [2.05, 4.69) is 21.3 Å². The number of likely N-dealkylation sites (N-methyl/N-ethyl adjacent to an activating group) is 1. The summed E-state index contributed by atoms with van der Waals surface area (Å²) in [5.74, 6) is -1.16. The van der Waals surface area contributed by atoms with Crippen molar-refractivity contribution in [3.8, 4) is 0 Å². The largest absolute Gasteiger partial charge is 0.481 e. The molecule has 0 aromatic carbocycles. The molecular formula is C36H68N4O10. The van der Waals surface area contributed by atoms with Gasteiger partial charge in [0.25, 0.3) is 0 Å². The smallest absolute Gasteiger partial charge is 0.303 e. The minimum absolute atomic E-state index is 0.000497. The number of hydrogen-bond donors (Lipinski definition) is 5. The third kappa shape index (κ3) is 38.0. The van der Waals surface area contributed by atoms with Gasteiger partial charge in [-0.3, -0.25) is 24.0 Å². The highest BCUT2D eigenvalue weighted by atomic mass is 16.5. The van der Waals surface area contributed by atoms with Gasteiger partial charge in [-0.15, -0.1) is 0 Å². The monoisotopic (exact) mass is 716 g/mol. The minimum atomic E-state index is -0.693. The van der Waals surface area contributed by atoms with Gasteiger partial charge in [-0.25, -0.2) is 0 Å². The summed E-state index contributed by atoms with van der Waals surface area (Å²) in [7, 11) is 0. The van der Waals surface area contributed by atoms with Crippen LogP contribution in [0.1, 0.15) is 122 Å². The van der Waals surface area contributed by atoms with Crippen LogP contribution in [0.4, 0.5) is 0 Å². The van der Waals surface area contributed by atoms with Crippen molar-refractivity contribution < 1.29 is 48.0 Å². The Bertz CT molecular complexity index is 863. The van der Waals surface area contributed by atoms with Crippen LogP contribution in [-0.4, -0.2) is 114 Å². The summed E-state index contributed by atoms with van der Waals surface area (Å²) >= 11 is 0. The highest BCUT2D eigenvalue weighted by Gasteiger charge is 2.05. The summed E-state index contributed by atoms with van der Waals surface area (Å²) in [6.07, 6.45) is 17.9. The van der Waals surface area contributed by atoms with Crippen LogP contribution in [0, 0.1) is 0 Å². The molecule has 0 aliphatic heterocycles. The van der Waals surface area contributed by atoms with Crippen LogP contribution in [-0.2, 0) is 42.9 Å². The molecule has 5 N–H and O–H groups in total. The maximum atomic E-state index is 12.0. The van der Waals surface area contributed by atoms with Crippen LogP contribution < -0.4 is 21.3 Å². The number of carboxylic acid groups (broad SMARTS) is 1. The lowest BCUT2D eigenvalue weighted by Crippen LogP contribution is -2.31. The number of unbranched alkanes of at least 4 members (excludes halogenated alkanes) is 13. The Morgan fingerprint density at radius 3 is 1.22 bits per heavy atom. The standard InChI is InChI=1S/C36H68N4O10/c1-2-37-34(43)30-49-28-26-48-25-23-40-35(44)31-50-29-27-47-24-22-39-33(42)19-17-21-38-32(41)18-15-13-11-9-7-5-3-4-6-8-10-12-14-16-20-36(45)46/h2-31H2,1H3,(H,37,43)(H,38,41)(H,39,42)(H,40,44)(H,45,46). The first-order chi connectivity index (χ1) is 24.3. The van der Waals surface area contributed by atoms with E-state index in [1.807, 2.05) is 6.92 Å². The summed E-state index contributed by atoms with van der Waals surface area (Å²) in [5, 5.41) is 19.6. The van der Waals surface area contributed by atoms with Crippen LogP contribution in [0.2, 0.25) is 0 Å². The van der Waals surface area contributed by atoms with E-state index in [0.717, 1.165) is 38.5 Å². The number of ether oxygens (including phenoxy) is 4. The topological polar surface area (TPSA) is 191 Å². The number of nitrogens with one attached hydrogen (secondary N) is 4. The normalized spacial score (nSPS) is 10.9. The summed E-state index contributed by atoms with van der Waals surface area (Å²) < 4.78 is 21.2. The molecule has 0 aromatic heterocycles. The van der Waals surface area contributed by atoms with Crippen molar-refractivity contribution in [1.82, 2.24) is 21.3 Å². The molecule has 0 fully saturated rings. The Morgan fingerprint density at radius 1 is 0.400 bits per heavy atom. The fourth-order valence-corrected chi connectivity index (χ4v) is 4.93. The number of carbonyl (C=O) groups is 5. The number of rotatable bonds is 38. The molecule has 0 unspecified atom stereocenters. The zero-order chi connectivity index (χ0) is 36.8. The molecule has 0 saturated heterocycles. The van der Waals surface area contributed by atoms with Crippen molar-refractivity contribution >= 4 is 29.6 Å². The third-order valence-corrected chi connectivity index (χ3v) is 7.67. The fourth-order valence-electron chi connectivity index (χ4n) is 4.93. The Morgan fingerprint density at radius 2 is 0.760 bits per heavy atom. The van der Waals surface area contributed by atoms with Gasteiger partial charge in [0, 0.05) is 45.4 Å². The van der Waals surface area contributed by atoms with Crippen LogP contribution in [0.15, 0.2) is 0 Å². The van der Waals surface area contributed by atoms with Gasteiger partial charge in [0.15, 0.2) is 0 Å². The molecule has 0 aromatic rings. The van der Waals surface area contributed by atoms with Gasteiger partial charge >= 0.3 is 5.97 Å². The molecule has 14 nitrogen and oxygen atoms in total. The molecule has 0 rings (SSSR count). The lowest BCUT2D eigenvalue weighted by Gasteiger charge is -2.09. The van der Waals surface area contributed by atoms with Crippen LogP contribution in [0.25, 0.3) is 0 Å². The highest BCUT2D eigenvalue weighted by Crippen LogP contribution is 2.13. The van der Waals surface area contributed by atoms with E-state index in [9.17, 15) is 24.0 Å². The first-order valence-corrected chi connectivity index (χ1v) is 18.9. The van der Waals surface area contributed by atoms with Crippen molar-refractivity contribution in [2.24, 2.45) is 0 Å². The van der Waals surface area contributed by atoms with Gasteiger partial charge in [-0.1, -0.05) is 77.0 Å². The first-order valence-electron chi connectivity index (χ1n) is 18.9. The van der Waals surface area contributed by atoms with E-state index in [1.165, 1.54) is 51.4 Å². The summed E-state index contributed by atoms with van der Waals surface area (Å²) in [6.45, 7) is 5.36. The van der Waals surface area contributed by atoms with E-state index in [-0.39, 0.29) is 43.4 Å². The van der Waals surface area contributed by atoms with E-state index in [0.29, 0.717) is 84.9 Å². The summed E-state index contributed by atoms with van der Waals surface area (Å²) in [5.41, 5.74) is 0. The van der Waals surface area contributed by atoms with Crippen molar-refractivity contribution in [2.45, 2.75) is 122 Å². The first kappa shape index (κ1) is 47.2. The Hall–Kier alpha value is -2.81. The van der Waals surface area contributed by atoms with Gasteiger partial charge in [0.05, 0.1) is 39.6 Å². The molecule has 0 spiro atoms. The quantitative estimate of drug-likeness (QED) is 0.0590. The molecule has 0 aliphatic carbocycles. The van der Waals surface area contributed by atoms with Gasteiger partial charge in [0.1, 0.15) is 13.2 Å². The van der Waals surface area contributed by atoms with E-state index in [4.69, 9.17) is 24.1 Å². The summed E-state index contributed by atoms with van der Waals surface area (Å²) in [6, 6.07) is 0. The fraction of sp³-hybridized carbons (Fsp3) is 0.861. The zero-order valence-electron chi connectivity index (χ0n) is 30.8. The van der Waals surface area contributed by atoms with Crippen molar-refractivity contribution in [1.29, 1.82) is 0 Å². The van der Waals surface area contributed by atoms with Gasteiger partial charge < -0.3 is 45.3 Å². The average Bonchev–Trinajstić information content (AvgIpc) is 3.08. The lowest BCUT2D eigenvalue weighted by atomic mass is 10.0. The minimum Gasteiger partial charge on any atom is -0.481 e. The molecule has 0 saturated carbocycles. The maximum absolute atomic E-state index is 12.0. The Balaban J connectivity index is 3.35. The molecule has 292 valence electrons. The molecule has 0 bridgehead atoms. The molecule has 0 atom stereocenters. The predicted octanol–water partition coefficient (Wildman–Crippen LogP) is 3.64. The lowest BCUT2D eigenvalue weighted by molar-refractivity contribution is -0.137. The van der Waals surface area contributed by atoms with Crippen LogP contribution >= 0.6 is 0 Å². The maximum Gasteiger partial charge on any atom is 0.303 e.